The maximum Gasteiger partial charge on any atom is 0.254 e. The van der Waals surface area contributed by atoms with Crippen LogP contribution in [0, 0.1) is 0 Å². The van der Waals surface area contributed by atoms with Crippen LogP contribution in [0.4, 0.5) is 5.69 Å². The maximum absolute atomic E-state index is 12.9. The fraction of sp³-hybridized carbons (Fsp3) is 0.238. The van der Waals surface area contributed by atoms with Crippen LogP contribution < -0.4 is 22.1 Å². The normalized spacial score (nSPS) is 13.1. The molecule has 0 radical (unpaired) electrons. The molecule has 0 fully saturated rings. The number of nitrogens with two attached hydrogens (primary N) is 2. The topological polar surface area (TPSA) is 123 Å². The van der Waals surface area contributed by atoms with Gasteiger partial charge >= 0.3 is 0 Å². The smallest absolute Gasteiger partial charge is 0.254 e. The molecule has 6 N–H and O–H groups in total. The Labute approximate surface area is 163 Å². The second-order valence-electron chi connectivity index (χ2n) is 6.55. The van der Waals surface area contributed by atoms with Crippen molar-refractivity contribution in [2.75, 3.05) is 11.9 Å². The molecular weight excluding hydrogens is 356 g/mol. The Kier molecular flexibility index (Phi) is 6.41. The minimum atomic E-state index is -0.988. The van der Waals surface area contributed by atoms with Crippen molar-refractivity contribution in [2.45, 2.75) is 24.9 Å². The molecule has 0 aliphatic rings. The minimum Gasteiger partial charge on any atom is -0.467 e. The SMILES string of the molecule is NCCC[C@@H](N)C(=O)NC(C(=O)Nc1ccc2ccccc2c1)c1ccco1. The minimum absolute atomic E-state index is 0.331. The van der Waals surface area contributed by atoms with Gasteiger partial charge in [0.25, 0.3) is 5.91 Å². The lowest BCUT2D eigenvalue weighted by Crippen LogP contribution is -2.45. The van der Waals surface area contributed by atoms with Crippen LogP contribution in [0.1, 0.15) is 24.6 Å². The predicted molar refractivity (Wildman–Crippen MR) is 108 cm³/mol. The van der Waals surface area contributed by atoms with Crippen molar-refractivity contribution in [3.05, 3.63) is 66.6 Å². The van der Waals surface area contributed by atoms with Crippen molar-refractivity contribution in [1.82, 2.24) is 5.32 Å². The van der Waals surface area contributed by atoms with E-state index < -0.39 is 23.9 Å². The number of furan rings is 1. The second-order valence-corrected chi connectivity index (χ2v) is 6.55. The first-order valence-corrected chi connectivity index (χ1v) is 9.17. The maximum atomic E-state index is 12.9. The summed E-state index contributed by atoms with van der Waals surface area (Å²) >= 11 is 0. The fourth-order valence-electron chi connectivity index (χ4n) is 2.92. The largest absolute Gasteiger partial charge is 0.467 e. The Hall–Kier alpha value is -3.16. The molecular formula is C21H24N4O3. The summed E-state index contributed by atoms with van der Waals surface area (Å²) in [5.74, 6) is -0.509. The quantitative estimate of drug-likeness (QED) is 0.477. The lowest BCUT2D eigenvalue weighted by molar-refractivity contribution is -0.128. The average Bonchev–Trinajstić information content (AvgIpc) is 3.24. The van der Waals surface area contributed by atoms with Crippen LogP contribution in [0.5, 0.6) is 0 Å². The summed E-state index contributed by atoms with van der Waals surface area (Å²) in [7, 11) is 0. The molecule has 0 bridgehead atoms. The second kappa shape index (κ2) is 9.16. The summed E-state index contributed by atoms with van der Waals surface area (Å²) in [4.78, 5) is 25.3. The van der Waals surface area contributed by atoms with Crippen LogP contribution in [-0.4, -0.2) is 24.4 Å². The number of carbonyl (C=O) groups is 2. The summed E-state index contributed by atoms with van der Waals surface area (Å²) in [6.45, 7) is 0.449. The number of hydrogen-bond acceptors (Lipinski definition) is 5. The Bertz CT molecular complexity index is 940. The summed E-state index contributed by atoms with van der Waals surface area (Å²) < 4.78 is 5.35. The van der Waals surface area contributed by atoms with Crippen LogP contribution in [0.2, 0.25) is 0 Å². The number of anilines is 1. The van der Waals surface area contributed by atoms with Gasteiger partial charge in [-0.3, -0.25) is 9.59 Å². The highest BCUT2D eigenvalue weighted by molar-refractivity contribution is 5.99. The van der Waals surface area contributed by atoms with Gasteiger partial charge in [-0.25, -0.2) is 0 Å². The zero-order valence-corrected chi connectivity index (χ0v) is 15.4. The van der Waals surface area contributed by atoms with E-state index in [9.17, 15) is 9.59 Å². The van der Waals surface area contributed by atoms with E-state index in [2.05, 4.69) is 10.6 Å². The predicted octanol–water partition coefficient (Wildman–Crippen LogP) is 2.30. The Morgan fingerprint density at radius 2 is 1.79 bits per heavy atom. The van der Waals surface area contributed by atoms with Gasteiger partial charge in [-0.05, 0) is 54.4 Å². The van der Waals surface area contributed by atoms with Crippen molar-refractivity contribution < 1.29 is 14.0 Å². The van der Waals surface area contributed by atoms with E-state index in [0.29, 0.717) is 30.8 Å². The van der Waals surface area contributed by atoms with Gasteiger partial charge in [0.15, 0.2) is 6.04 Å². The highest BCUT2D eigenvalue weighted by Gasteiger charge is 2.27. The zero-order chi connectivity index (χ0) is 19.9. The van der Waals surface area contributed by atoms with E-state index in [-0.39, 0.29) is 0 Å². The summed E-state index contributed by atoms with van der Waals surface area (Å²) in [5, 5.41) is 7.58. The van der Waals surface area contributed by atoms with Gasteiger partial charge in [0.2, 0.25) is 5.91 Å². The molecule has 3 rings (SSSR count). The third-order valence-corrected chi connectivity index (χ3v) is 4.45. The number of nitrogens with one attached hydrogen (secondary N) is 2. The van der Waals surface area contributed by atoms with Gasteiger partial charge in [0.1, 0.15) is 5.76 Å². The molecule has 0 saturated carbocycles. The van der Waals surface area contributed by atoms with E-state index in [1.807, 2.05) is 42.5 Å². The van der Waals surface area contributed by atoms with Gasteiger partial charge in [-0.2, -0.15) is 0 Å². The monoisotopic (exact) mass is 380 g/mol. The van der Waals surface area contributed by atoms with Gasteiger partial charge in [-0.1, -0.05) is 30.3 Å². The van der Waals surface area contributed by atoms with Crippen LogP contribution >= 0.6 is 0 Å². The first-order chi connectivity index (χ1) is 13.6. The van der Waals surface area contributed by atoms with Crippen molar-refractivity contribution >= 4 is 28.3 Å². The number of fused-ring (bicyclic) bond motifs is 1. The Morgan fingerprint density at radius 1 is 1.00 bits per heavy atom. The van der Waals surface area contributed by atoms with Gasteiger partial charge in [0.05, 0.1) is 12.3 Å². The molecule has 0 spiro atoms. The molecule has 1 heterocycles. The van der Waals surface area contributed by atoms with Crippen LogP contribution in [0.3, 0.4) is 0 Å². The van der Waals surface area contributed by atoms with E-state index in [0.717, 1.165) is 10.8 Å². The molecule has 28 heavy (non-hydrogen) atoms. The van der Waals surface area contributed by atoms with Gasteiger partial charge in [-0.15, -0.1) is 0 Å². The molecule has 1 aromatic heterocycles. The molecule has 1 unspecified atom stereocenters. The van der Waals surface area contributed by atoms with E-state index in [1.165, 1.54) is 6.26 Å². The molecule has 7 heteroatoms. The van der Waals surface area contributed by atoms with E-state index >= 15 is 0 Å². The van der Waals surface area contributed by atoms with E-state index in [1.54, 1.807) is 12.1 Å². The molecule has 0 aliphatic carbocycles. The number of amides is 2. The van der Waals surface area contributed by atoms with Crippen molar-refractivity contribution in [2.24, 2.45) is 11.5 Å². The highest BCUT2D eigenvalue weighted by atomic mass is 16.3. The zero-order valence-electron chi connectivity index (χ0n) is 15.4. The van der Waals surface area contributed by atoms with Crippen molar-refractivity contribution in [3.8, 4) is 0 Å². The summed E-state index contributed by atoms with van der Waals surface area (Å²) in [6, 6.07) is 15.0. The molecule has 0 aliphatic heterocycles. The molecule has 2 atom stereocenters. The lowest BCUT2D eigenvalue weighted by atomic mass is 10.1. The summed E-state index contributed by atoms with van der Waals surface area (Å²) in [5.41, 5.74) is 12.0. The van der Waals surface area contributed by atoms with Crippen molar-refractivity contribution in [1.29, 1.82) is 0 Å². The molecule has 146 valence electrons. The third kappa shape index (κ3) is 4.76. The molecule has 0 saturated heterocycles. The first-order valence-electron chi connectivity index (χ1n) is 9.17. The fourth-order valence-corrected chi connectivity index (χ4v) is 2.92. The number of benzene rings is 2. The number of hydrogen-bond donors (Lipinski definition) is 4. The van der Waals surface area contributed by atoms with Crippen LogP contribution in [0.25, 0.3) is 10.8 Å². The number of rotatable bonds is 8. The third-order valence-electron chi connectivity index (χ3n) is 4.45. The molecule has 3 aromatic rings. The number of carbonyl (C=O) groups excluding carboxylic acids is 2. The molecule has 2 amide bonds. The van der Waals surface area contributed by atoms with Crippen molar-refractivity contribution in [3.63, 3.8) is 0 Å². The highest BCUT2D eigenvalue weighted by Crippen LogP contribution is 2.21. The molecule has 7 nitrogen and oxygen atoms in total. The molecule has 2 aromatic carbocycles. The lowest BCUT2D eigenvalue weighted by Gasteiger charge is -2.19. The van der Waals surface area contributed by atoms with Gasteiger partial charge in [0, 0.05) is 5.69 Å². The van der Waals surface area contributed by atoms with Crippen LogP contribution in [-0.2, 0) is 9.59 Å². The Balaban J connectivity index is 1.75. The standard InChI is InChI=1S/C21H24N4O3/c22-11-3-7-17(23)20(26)25-19(18-8-4-12-28-18)21(27)24-16-10-9-14-5-1-2-6-15(14)13-16/h1-2,4-6,8-10,12-13,17,19H,3,7,11,22-23H2,(H,24,27)(H,25,26)/t17-,19?/m1/s1. The average molecular weight is 380 g/mol. The Morgan fingerprint density at radius 3 is 2.50 bits per heavy atom. The van der Waals surface area contributed by atoms with Crippen LogP contribution in [0.15, 0.2) is 65.3 Å². The van der Waals surface area contributed by atoms with E-state index in [4.69, 9.17) is 15.9 Å². The summed E-state index contributed by atoms with van der Waals surface area (Å²) in [6.07, 6.45) is 2.52. The van der Waals surface area contributed by atoms with Gasteiger partial charge < -0.3 is 26.5 Å². The first kappa shape index (κ1) is 19.6.